The number of carboxylic acids is 1. The molecule has 0 atom stereocenters. The number of carboxylic acid groups (broad SMARTS) is 1. The highest BCUT2D eigenvalue weighted by molar-refractivity contribution is 6.29. The Bertz CT molecular complexity index is 886. The van der Waals surface area contributed by atoms with Gasteiger partial charge in [0.05, 0.1) is 16.8 Å². The van der Waals surface area contributed by atoms with Gasteiger partial charge in [-0.3, -0.25) is 0 Å². The van der Waals surface area contributed by atoms with Gasteiger partial charge in [-0.1, -0.05) is 18.5 Å². The summed E-state index contributed by atoms with van der Waals surface area (Å²) in [7, 11) is 0. The van der Waals surface area contributed by atoms with E-state index in [1.54, 1.807) is 29.8 Å². The summed E-state index contributed by atoms with van der Waals surface area (Å²) in [5.74, 6) is -1.00. The molecule has 1 N–H and O–H groups in total. The van der Waals surface area contributed by atoms with Gasteiger partial charge in [0.2, 0.25) is 0 Å². The van der Waals surface area contributed by atoms with E-state index in [0.717, 1.165) is 17.6 Å². The Labute approximate surface area is 132 Å². The second kappa shape index (κ2) is 5.42. The van der Waals surface area contributed by atoms with Crippen LogP contribution in [0.25, 0.3) is 16.6 Å². The first kappa shape index (κ1) is 14.5. The quantitative estimate of drug-likeness (QED) is 0.750. The van der Waals surface area contributed by atoms with Gasteiger partial charge in [-0.15, -0.1) is 0 Å². The number of pyridine rings is 1. The second-order valence-corrected chi connectivity index (χ2v) is 5.37. The number of nitrogens with zero attached hydrogens (tertiary/aromatic N) is 3. The number of aromatic carboxylic acids is 1. The van der Waals surface area contributed by atoms with Crippen LogP contribution in [0.4, 0.5) is 0 Å². The van der Waals surface area contributed by atoms with E-state index in [-0.39, 0.29) is 5.56 Å². The maximum atomic E-state index is 11.7. The van der Waals surface area contributed by atoms with Gasteiger partial charge in [-0.2, -0.15) is 5.10 Å². The minimum Gasteiger partial charge on any atom is -0.478 e. The molecular formula is C16H14ClN3O2. The van der Waals surface area contributed by atoms with E-state index in [1.807, 2.05) is 19.1 Å². The maximum Gasteiger partial charge on any atom is 0.338 e. The highest BCUT2D eigenvalue weighted by Crippen LogP contribution is 2.32. The van der Waals surface area contributed by atoms with Crippen molar-refractivity contribution >= 4 is 23.1 Å². The molecule has 3 rings (SSSR count). The fourth-order valence-electron chi connectivity index (χ4n) is 2.67. The normalized spacial score (nSPS) is 11.0. The van der Waals surface area contributed by atoms with Gasteiger partial charge >= 0.3 is 5.97 Å². The Morgan fingerprint density at radius 2 is 2.14 bits per heavy atom. The number of aryl methyl sites for hydroxylation is 2. The molecule has 3 aromatic heterocycles. The van der Waals surface area contributed by atoms with Gasteiger partial charge in [-0.25, -0.2) is 14.3 Å². The summed E-state index contributed by atoms with van der Waals surface area (Å²) < 4.78 is 1.80. The van der Waals surface area contributed by atoms with Crippen molar-refractivity contribution in [3.05, 3.63) is 52.6 Å². The van der Waals surface area contributed by atoms with Crippen molar-refractivity contribution in [2.75, 3.05) is 0 Å². The highest BCUT2D eigenvalue weighted by atomic mass is 35.5. The van der Waals surface area contributed by atoms with Crippen molar-refractivity contribution in [1.82, 2.24) is 14.6 Å². The highest BCUT2D eigenvalue weighted by Gasteiger charge is 2.21. The van der Waals surface area contributed by atoms with Crippen LogP contribution >= 0.6 is 11.6 Å². The van der Waals surface area contributed by atoms with Crippen LogP contribution in [0.15, 0.2) is 30.5 Å². The largest absolute Gasteiger partial charge is 0.478 e. The molecular weight excluding hydrogens is 302 g/mol. The average molecular weight is 316 g/mol. The minimum atomic E-state index is -1.00. The fourth-order valence-corrected chi connectivity index (χ4v) is 2.84. The molecule has 3 aromatic rings. The molecule has 0 amide bonds. The monoisotopic (exact) mass is 315 g/mol. The molecule has 0 fully saturated rings. The van der Waals surface area contributed by atoms with E-state index in [4.69, 9.17) is 11.6 Å². The Morgan fingerprint density at radius 3 is 2.77 bits per heavy atom. The zero-order valence-electron chi connectivity index (χ0n) is 12.2. The molecule has 0 radical (unpaired) electrons. The lowest BCUT2D eigenvalue weighted by Gasteiger charge is -2.12. The first-order chi connectivity index (χ1) is 10.5. The number of aromatic nitrogens is 3. The topological polar surface area (TPSA) is 67.5 Å². The zero-order valence-corrected chi connectivity index (χ0v) is 12.9. The lowest BCUT2D eigenvalue weighted by molar-refractivity contribution is 0.0696. The smallest absolute Gasteiger partial charge is 0.338 e. The van der Waals surface area contributed by atoms with Crippen molar-refractivity contribution in [3.63, 3.8) is 0 Å². The summed E-state index contributed by atoms with van der Waals surface area (Å²) in [6, 6.07) is 7.27. The van der Waals surface area contributed by atoms with Gasteiger partial charge in [0.25, 0.3) is 0 Å². The molecule has 22 heavy (non-hydrogen) atoms. The molecule has 5 nitrogen and oxygen atoms in total. The van der Waals surface area contributed by atoms with Crippen LogP contribution < -0.4 is 0 Å². The molecule has 3 heterocycles. The summed E-state index contributed by atoms with van der Waals surface area (Å²) in [5, 5.41) is 14.3. The van der Waals surface area contributed by atoms with Gasteiger partial charge in [-0.05, 0) is 43.2 Å². The van der Waals surface area contributed by atoms with Crippen LogP contribution in [0.3, 0.4) is 0 Å². The number of rotatable bonds is 3. The predicted molar refractivity (Wildman–Crippen MR) is 84.5 cm³/mol. The fraction of sp³-hybridized carbons (Fsp3) is 0.188. The SMILES string of the molecule is CCc1ccc2c(-c3ccnc(Cl)c3)c(C(=O)O)c(C)nn12. The van der Waals surface area contributed by atoms with Gasteiger partial charge in [0.15, 0.2) is 0 Å². The second-order valence-electron chi connectivity index (χ2n) is 4.98. The third-order valence-electron chi connectivity index (χ3n) is 3.64. The molecule has 0 saturated heterocycles. The molecule has 0 bridgehead atoms. The standard InChI is InChI=1S/C16H14ClN3O2/c1-3-11-4-5-12-15(10-6-7-18-13(17)8-10)14(16(21)22)9(2)19-20(11)12/h4-8H,3H2,1-2H3,(H,21,22). The van der Waals surface area contributed by atoms with Crippen molar-refractivity contribution in [2.45, 2.75) is 20.3 Å². The van der Waals surface area contributed by atoms with Crippen LogP contribution in [0.5, 0.6) is 0 Å². The molecule has 0 aliphatic carbocycles. The number of carbonyl (C=O) groups is 1. The molecule has 112 valence electrons. The van der Waals surface area contributed by atoms with Crippen molar-refractivity contribution in [3.8, 4) is 11.1 Å². The van der Waals surface area contributed by atoms with Crippen molar-refractivity contribution in [1.29, 1.82) is 0 Å². The Balaban J connectivity index is 2.46. The summed E-state index contributed by atoms with van der Waals surface area (Å²) in [6.45, 7) is 3.74. The molecule has 6 heteroatoms. The molecule has 0 aliphatic rings. The summed E-state index contributed by atoms with van der Waals surface area (Å²) in [4.78, 5) is 15.7. The number of halogens is 1. The molecule has 0 aromatic carbocycles. The van der Waals surface area contributed by atoms with Crippen molar-refractivity contribution in [2.24, 2.45) is 0 Å². The third-order valence-corrected chi connectivity index (χ3v) is 3.85. The van der Waals surface area contributed by atoms with Gasteiger partial charge in [0, 0.05) is 17.5 Å². The first-order valence-corrected chi connectivity index (χ1v) is 7.27. The molecule has 0 aliphatic heterocycles. The molecule has 0 saturated carbocycles. The molecule has 0 spiro atoms. The predicted octanol–water partition coefficient (Wildman–Crippen LogP) is 3.62. The van der Waals surface area contributed by atoms with Crippen LogP contribution in [0.1, 0.15) is 28.7 Å². The molecule has 0 unspecified atom stereocenters. The number of fused-ring (bicyclic) bond motifs is 1. The lowest BCUT2D eigenvalue weighted by atomic mass is 10.00. The number of hydrogen-bond acceptors (Lipinski definition) is 3. The van der Waals surface area contributed by atoms with Crippen LogP contribution in [0, 0.1) is 6.92 Å². The zero-order chi connectivity index (χ0) is 15.9. The summed E-state index contributed by atoms with van der Waals surface area (Å²) in [6.07, 6.45) is 2.38. The van der Waals surface area contributed by atoms with E-state index in [0.29, 0.717) is 22.0 Å². The van der Waals surface area contributed by atoms with E-state index in [2.05, 4.69) is 10.1 Å². The lowest BCUT2D eigenvalue weighted by Crippen LogP contribution is -2.10. The van der Waals surface area contributed by atoms with E-state index >= 15 is 0 Å². The first-order valence-electron chi connectivity index (χ1n) is 6.89. The Hall–Kier alpha value is -2.40. The van der Waals surface area contributed by atoms with Gasteiger partial charge < -0.3 is 5.11 Å². The van der Waals surface area contributed by atoms with Gasteiger partial charge in [0.1, 0.15) is 5.15 Å². The summed E-state index contributed by atoms with van der Waals surface area (Å²) in [5.41, 5.74) is 3.76. The van der Waals surface area contributed by atoms with Crippen LogP contribution in [-0.4, -0.2) is 25.7 Å². The van der Waals surface area contributed by atoms with Crippen LogP contribution in [-0.2, 0) is 6.42 Å². The van der Waals surface area contributed by atoms with Crippen molar-refractivity contribution < 1.29 is 9.90 Å². The van der Waals surface area contributed by atoms with E-state index in [1.165, 1.54) is 0 Å². The Kier molecular flexibility index (Phi) is 3.58. The average Bonchev–Trinajstić information content (AvgIpc) is 2.87. The van der Waals surface area contributed by atoms with E-state index < -0.39 is 5.97 Å². The third kappa shape index (κ3) is 2.23. The number of hydrogen-bond donors (Lipinski definition) is 1. The van der Waals surface area contributed by atoms with Crippen LogP contribution in [0.2, 0.25) is 5.15 Å². The minimum absolute atomic E-state index is 0.190. The maximum absolute atomic E-state index is 11.7. The summed E-state index contributed by atoms with van der Waals surface area (Å²) >= 11 is 5.97. The Morgan fingerprint density at radius 1 is 1.36 bits per heavy atom. The van der Waals surface area contributed by atoms with E-state index in [9.17, 15) is 9.90 Å².